The van der Waals surface area contributed by atoms with Gasteiger partial charge >= 0.3 is 0 Å². The highest BCUT2D eigenvalue weighted by molar-refractivity contribution is 5.95. The van der Waals surface area contributed by atoms with Crippen molar-refractivity contribution in [1.29, 1.82) is 0 Å². The van der Waals surface area contributed by atoms with Crippen LogP contribution >= 0.6 is 0 Å². The van der Waals surface area contributed by atoms with E-state index in [-0.39, 0.29) is 11.7 Å². The fourth-order valence-corrected chi connectivity index (χ4v) is 1.63. The lowest BCUT2D eigenvalue weighted by molar-refractivity contribution is -0.120. The number of aryl methyl sites for hydroxylation is 1. The van der Waals surface area contributed by atoms with Crippen LogP contribution in [0.4, 0.5) is 0 Å². The van der Waals surface area contributed by atoms with Crippen LogP contribution in [0.3, 0.4) is 0 Å². The van der Waals surface area contributed by atoms with E-state index in [0.717, 1.165) is 0 Å². The molecule has 80 valence electrons. The summed E-state index contributed by atoms with van der Waals surface area (Å²) in [4.78, 5) is 24.6. The summed E-state index contributed by atoms with van der Waals surface area (Å²) in [6, 6.07) is 0. The number of ketones is 1. The molecule has 1 aliphatic heterocycles. The molecule has 2 rings (SSSR count). The molecule has 0 saturated carbocycles. The lowest BCUT2D eigenvalue weighted by Crippen LogP contribution is -2.38. The van der Waals surface area contributed by atoms with E-state index in [1.165, 1.54) is 6.20 Å². The Morgan fingerprint density at radius 1 is 1.47 bits per heavy atom. The third kappa shape index (κ3) is 1.91. The van der Waals surface area contributed by atoms with E-state index in [0.29, 0.717) is 37.3 Å². The average molecular weight is 208 g/mol. The third-order valence-corrected chi connectivity index (χ3v) is 2.59. The van der Waals surface area contributed by atoms with Crippen LogP contribution in [0.1, 0.15) is 29.0 Å². The van der Waals surface area contributed by atoms with E-state index in [1.54, 1.807) is 11.8 Å². The largest absolute Gasteiger partial charge is 0.361 e. The molecule has 1 aromatic rings. The normalized spacial score (nSPS) is 16.9. The maximum atomic E-state index is 11.9. The van der Waals surface area contributed by atoms with Gasteiger partial charge in [0.25, 0.3) is 5.91 Å². The molecule has 15 heavy (non-hydrogen) atoms. The molecule has 0 spiro atoms. The van der Waals surface area contributed by atoms with Crippen LogP contribution in [-0.2, 0) is 4.79 Å². The molecule has 5 heteroatoms. The van der Waals surface area contributed by atoms with Crippen molar-refractivity contribution in [2.45, 2.75) is 19.8 Å². The smallest absolute Gasteiger partial charge is 0.259 e. The second kappa shape index (κ2) is 3.84. The van der Waals surface area contributed by atoms with E-state index in [9.17, 15) is 9.59 Å². The zero-order valence-electron chi connectivity index (χ0n) is 8.52. The van der Waals surface area contributed by atoms with Gasteiger partial charge in [0.2, 0.25) is 0 Å². The molecule has 0 aliphatic carbocycles. The number of Topliss-reactive ketones (excluding diaryl/α,β-unsaturated/α-hetero) is 1. The molecule has 1 fully saturated rings. The molecule has 0 aromatic carbocycles. The van der Waals surface area contributed by atoms with Gasteiger partial charge in [-0.05, 0) is 6.92 Å². The van der Waals surface area contributed by atoms with Gasteiger partial charge < -0.3 is 9.42 Å². The van der Waals surface area contributed by atoms with Crippen LogP contribution in [0.5, 0.6) is 0 Å². The molecule has 1 amide bonds. The topological polar surface area (TPSA) is 63.4 Å². The van der Waals surface area contributed by atoms with Gasteiger partial charge in [0.15, 0.2) is 0 Å². The Hall–Kier alpha value is -1.65. The summed E-state index contributed by atoms with van der Waals surface area (Å²) in [5.74, 6) is 0.652. The van der Waals surface area contributed by atoms with Gasteiger partial charge in [0.1, 0.15) is 17.1 Å². The molecule has 5 nitrogen and oxygen atoms in total. The number of hydrogen-bond donors (Lipinski definition) is 0. The van der Waals surface area contributed by atoms with E-state index in [2.05, 4.69) is 5.16 Å². The minimum absolute atomic E-state index is 0.0961. The summed E-state index contributed by atoms with van der Waals surface area (Å²) in [7, 11) is 0. The molecule has 0 unspecified atom stereocenters. The Morgan fingerprint density at radius 2 is 2.13 bits per heavy atom. The number of nitrogens with zero attached hydrogens (tertiary/aromatic N) is 2. The molecular formula is C10H12N2O3. The summed E-state index contributed by atoms with van der Waals surface area (Å²) in [6.07, 6.45) is 2.33. The second-order valence-corrected chi connectivity index (χ2v) is 3.63. The Bertz CT molecular complexity index is 387. The van der Waals surface area contributed by atoms with Gasteiger partial charge in [-0.3, -0.25) is 9.59 Å². The first-order valence-electron chi connectivity index (χ1n) is 4.90. The van der Waals surface area contributed by atoms with Crippen molar-refractivity contribution >= 4 is 11.7 Å². The average Bonchev–Trinajstić information content (AvgIpc) is 2.65. The molecule has 0 atom stereocenters. The number of piperidine rings is 1. The highest BCUT2D eigenvalue weighted by Gasteiger charge is 2.24. The number of likely N-dealkylation sites (tertiary alicyclic amines) is 1. The minimum atomic E-state index is -0.0961. The first kappa shape index (κ1) is 9.89. The van der Waals surface area contributed by atoms with Crippen LogP contribution in [0, 0.1) is 6.92 Å². The second-order valence-electron chi connectivity index (χ2n) is 3.63. The van der Waals surface area contributed by atoms with Crippen molar-refractivity contribution in [3.05, 3.63) is 17.5 Å². The van der Waals surface area contributed by atoms with Crippen molar-refractivity contribution in [3.63, 3.8) is 0 Å². The first-order chi connectivity index (χ1) is 7.18. The molecule has 1 aliphatic rings. The summed E-state index contributed by atoms with van der Waals surface area (Å²) in [5, 5.41) is 3.56. The minimum Gasteiger partial charge on any atom is -0.361 e. The van der Waals surface area contributed by atoms with Crippen molar-refractivity contribution in [2.24, 2.45) is 0 Å². The van der Waals surface area contributed by atoms with Crippen molar-refractivity contribution in [1.82, 2.24) is 10.1 Å². The Kier molecular flexibility index (Phi) is 2.53. The molecule has 1 aromatic heterocycles. The van der Waals surface area contributed by atoms with Gasteiger partial charge in [-0.1, -0.05) is 5.16 Å². The van der Waals surface area contributed by atoms with Crippen LogP contribution in [0.15, 0.2) is 10.7 Å². The summed E-state index contributed by atoms with van der Waals surface area (Å²) >= 11 is 0. The molecule has 0 radical (unpaired) electrons. The first-order valence-corrected chi connectivity index (χ1v) is 4.90. The van der Waals surface area contributed by atoms with Crippen LogP contribution in [0.2, 0.25) is 0 Å². The fraction of sp³-hybridized carbons (Fsp3) is 0.500. The number of rotatable bonds is 1. The maximum absolute atomic E-state index is 11.9. The number of carbonyl (C=O) groups excluding carboxylic acids is 2. The SMILES string of the molecule is Cc1oncc1C(=O)N1CCC(=O)CC1. The monoisotopic (exact) mass is 208 g/mol. The Morgan fingerprint density at radius 3 is 2.67 bits per heavy atom. The van der Waals surface area contributed by atoms with E-state index < -0.39 is 0 Å². The highest BCUT2D eigenvalue weighted by Crippen LogP contribution is 2.13. The van der Waals surface area contributed by atoms with Crippen LogP contribution in [0.25, 0.3) is 0 Å². The molecule has 0 bridgehead atoms. The lowest BCUT2D eigenvalue weighted by atomic mass is 10.1. The predicted molar refractivity (Wildman–Crippen MR) is 51.4 cm³/mol. The Labute approximate surface area is 87.0 Å². The fourth-order valence-electron chi connectivity index (χ4n) is 1.63. The lowest BCUT2D eigenvalue weighted by Gasteiger charge is -2.25. The molecule has 0 N–H and O–H groups in total. The van der Waals surface area contributed by atoms with Gasteiger partial charge in [-0.25, -0.2) is 0 Å². The van der Waals surface area contributed by atoms with Crippen molar-refractivity contribution in [3.8, 4) is 0 Å². The van der Waals surface area contributed by atoms with Crippen molar-refractivity contribution < 1.29 is 14.1 Å². The number of aromatic nitrogens is 1. The molecular weight excluding hydrogens is 196 g/mol. The molecule has 1 saturated heterocycles. The summed E-state index contributed by atoms with van der Waals surface area (Å²) in [6.45, 7) is 2.71. The van der Waals surface area contributed by atoms with Gasteiger partial charge in [0, 0.05) is 25.9 Å². The van der Waals surface area contributed by atoms with Gasteiger partial charge in [-0.15, -0.1) is 0 Å². The van der Waals surface area contributed by atoms with Gasteiger partial charge in [0.05, 0.1) is 6.20 Å². The van der Waals surface area contributed by atoms with Crippen molar-refractivity contribution in [2.75, 3.05) is 13.1 Å². The van der Waals surface area contributed by atoms with Crippen LogP contribution in [-0.4, -0.2) is 34.8 Å². The number of amides is 1. The quantitative estimate of drug-likeness (QED) is 0.684. The van der Waals surface area contributed by atoms with Crippen LogP contribution < -0.4 is 0 Å². The van der Waals surface area contributed by atoms with E-state index in [4.69, 9.17) is 4.52 Å². The van der Waals surface area contributed by atoms with E-state index >= 15 is 0 Å². The predicted octanol–water partition coefficient (Wildman–Crippen LogP) is 0.788. The van der Waals surface area contributed by atoms with Gasteiger partial charge in [-0.2, -0.15) is 0 Å². The molecule has 2 heterocycles. The van der Waals surface area contributed by atoms with E-state index in [1.807, 2.05) is 0 Å². The zero-order chi connectivity index (χ0) is 10.8. The summed E-state index contributed by atoms with van der Waals surface area (Å²) < 4.78 is 4.83. The Balaban J connectivity index is 2.09. The number of hydrogen-bond acceptors (Lipinski definition) is 4. The third-order valence-electron chi connectivity index (χ3n) is 2.59. The number of carbonyl (C=O) groups is 2. The summed E-state index contributed by atoms with van der Waals surface area (Å²) in [5.41, 5.74) is 0.490. The maximum Gasteiger partial charge on any atom is 0.259 e. The standard InChI is InChI=1S/C10H12N2O3/c1-7-9(6-11-15-7)10(14)12-4-2-8(13)3-5-12/h6H,2-5H2,1H3. The zero-order valence-corrected chi connectivity index (χ0v) is 8.52. The highest BCUT2D eigenvalue weighted by atomic mass is 16.5.